The largest absolute Gasteiger partial charge is 0.472 e. The molecule has 8 heteroatoms. The molecule has 0 saturated carbocycles. The van der Waals surface area contributed by atoms with Crippen LogP contribution in [0.4, 0.5) is 0 Å². The normalized spacial score (nSPS) is 14.6. The molecule has 7 nitrogen and oxygen atoms in total. The average Bonchev–Trinajstić information content (AvgIpc) is 2.83. The molecule has 0 spiro atoms. The summed E-state index contributed by atoms with van der Waals surface area (Å²) in [5.41, 5.74) is 0. The molecule has 0 aliphatic carbocycles. The summed E-state index contributed by atoms with van der Waals surface area (Å²) in [6.45, 7) is 6.67. The van der Waals surface area contributed by atoms with Crippen molar-refractivity contribution in [2.45, 2.75) is 129 Å². The Labute approximate surface area is 230 Å². The molecule has 37 heavy (non-hydrogen) atoms. The van der Waals surface area contributed by atoms with Gasteiger partial charge < -0.3 is 18.9 Å². The van der Waals surface area contributed by atoms with Gasteiger partial charge in [-0.3, -0.25) is 9.05 Å². The Bertz CT molecular complexity index is 529. The molecule has 0 aliphatic heterocycles. The summed E-state index contributed by atoms with van der Waals surface area (Å²) in [4.78, 5) is 9.92. The van der Waals surface area contributed by atoms with E-state index in [2.05, 4.69) is 6.92 Å². The number of nitrogens with zero attached hydrogens (tertiary/aromatic N) is 1. The van der Waals surface area contributed by atoms with Gasteiger partial charge in [0, 0.05) is 13.2 Å². The highest BCUT2D eigenvalue weighted by Crippen LogP contribution is 2.43. The minimum Gasteiger partial charge on any atom is -0.379 e. The first-order valence-corrected chi connectivity index (χ1v) is 16.8. The molecule has 0 aromatic heterocycles. The lowest BCUT2D eigenvalue weighted by atomic mass is 10.0. The van der Waals surface area contributed by atoms with Gasteiger partial charge >= 0.3 is 7.82 Å². The second-order valence-electron chi connectivity index (χ2n) is 11.5. The third-order valence-corrected chi connectivity index (χ3v) is 7.43. The van der Waals surface area contributed by atoms with Crippen molar-refractivity contribution in [3.05, 3.63) is 0 Å². The lowest BCUT2D eigenvalue weighted by molar-refractivity contribution is -0.870. The Morgan fingerprint density at radius 3 is 1.57 bits per heavy atom. The molecule has 1 N–H and O–H groups in total. The third kappa shape index (κ3) is 28.8. The molecule has 0 heterocycles. The number of phosphoric acid groups is 1. The molecule has 0 aromatic rings. The second kappa shape index (κ2) is 25.0. The molecule has 0 bridgehead atoms. The number of likely N-dealkylation sites (N-methyl/N-ethyl adjacent to an activating group) is 1. The Kier molecular flexibility index (Phi) is 25.0. The molecule has 0 aliphatic rings. The van der Waals surface area contributed by atoms with E-state index in [1.165, 1.54) is 96.3 Å². The van der Waals surface area contributed by atoms with E-state index in [9.17, 15) is 9.46 Å². The van der Waals surface area contributed by atoms with Crippen LogP contribution in [0.2, 0.25) is 0 Å². The van der Waals surface area contributed by atoms with Gasteiger partial charge in [0.25, 0.3) is 0 Å². The van der Waals surface area contributed by atoms with Crippen molar-refractivity contribution in [2.75, 3.05) is 60.7 Å². The van der Waals surface area contributed by atoms with Crippen molar-refractivity contribution in [3.63, 3.8) is 0 Å². The van der Waals surface area contributed by atoms with Crippen molar-refractivity contribution < 1.29 is 32.5 Å². The minimum atomic E-state index is -4.09. The quantitative estimate of drug-likeness (QED) is 0.0578. The van der Waals surface area contributed by atoms with Crippen molar-refractivity contribution in [3.8, 4) is 0 Å². The summed E-state index contributed by atoms with van der Waals surface area (Å²) in [7, 11) is 1.90. The number of hydrogen-bond acceptors (Lipinski definition) is 5. The first-order valence-electron chi connectivity index (χ1n) is 15.3. The van der Waals surface area contributed by atoms with Crippen LogP contribution in [-0.2, 0) is 23.1 Å². The Hall–Kier alpha value is -0.0100. The molecule has 0 radical (unpaired) electrons. The molecule has 0 amide bonds. The number of hydrogen-bond donors (Lipinski definition) is 1. The van der Waals surface area contributed by atoms with Crippen LogP contribution in [0.25, 0.3) is 0 Å². The van der Waals surface area contributed by atoms with Crippen molar-refractivity contribution in [1.29, 1.82) is 0 Å². The Balaban J connectivity index is 3.68. The molecule has 0 rings (SSSR count). The minimum absolute atomic E-state index is 0.0168. The van der Waals surface area contributed by atoms with Gasteiger partial charge in [-0.25, -0.2) is 4.57 Å². The summed E-state index contributed by atoms with van der Waals surface area (Å²) in [5.74, 6) is 0. The van der Waals surface area contributed by atoms with Crippen LogP contribution < -0.4 is 0 Å². The predicted octanol–water partition coefficient (Wildman–Crippen LogP) is 7.90. The topological polar surface area (TPSA) is 74.2 Å². The summed E-state index contributed by atoms with van der Waals surface area (Å²) < 4.78 is 34.5. The summed E-state index contributed by atoms with van der Waals surface area (Å²) in [5, 5.41) is 0. The number of rotatable bonds is 29. The fraction of sp³-hybridized carbons (Fsp3) is 1.00. The highest BCUT2D eigenvalue weighted by molar-refractivity contribution is 7.47. The van der Waals surface area contributed by atoms with Gasteiger partial charge in [-0.05, 0) is 12.8 Å². The lowest BCUT2D eigenvalue weighted by Crippen LogP contribution is -2.37. The Morgan fingerprint density at radius 2 is 1.11 bits per heavy atom. The van der Waals surface area contributed by atoms with Gasteiger partial charge in [0.15, 0.2) is 0 Å². The van der Waals surface area contributed by atoms with Gasteiger partial charge in [0.1, 0.15) is 19.3 Å². The SMILES string of the molecule is CCCCCCCCCCCCCCCCCCOC[C@H](COP(=O)(O)OCC[N+](C)(C)C)OCCC. The van der Waals surface area contributed by atoms with Crippen LogP contribution in [0.15, 0.2) is 0 Å². The van der Waals surface area contributed by atoms with E-state index in [4.69, 9.17) is 18.5 Å². The van der Waals surface area contributed by atoms with E-state index >= 15 is 0 Å². The van der Waals surface area contributed by atoms with Crippen LogP contribution in [0.5, 0.6) is 0 Å². The Morgan fingerprint density at radius 1 is 0.622 bits per heavy atom. The highest BCUT2D eigenvalue weighted by atomic mass is 31.2. The smallest absolute Gasteiger partial charge is 0.379 e. The fourth-order valence-electron chi connectivity index (χ4n) is 4.04. The van der Waals surface area contributed by atoms with Gasteiger partial charge in [-0.2, -0.15) is 0 Å². The molecule has 0 fully saturated rings. The van der Waals surface area contributed by atoms with Crippen molar-refractivity contribution in [1.82, 2.24) is 0 Å². The maximum absolute atomic E-state index is 12.1. The monoisotopic (exact) mass is 552 g/mol. The molecule has 0 aromatic carbocycles. The summed E-state index contributed by atoms with van der Waals surface area (Å²) in [6, 6.07) is 0. The molecular formula is C29H63NO6P+. The molecular weight excluding hydrogens is 489 g/mol. The third-order valence-electron chi connectivity index (χ3n) is 6.44. The second-order valence-corrected chi connectivity index (χ2v) is 12.9. The van der Waals surface area contributed by atoms with Crippen LogP contribution in [0.1, 0.15) is 123 Å². The van der Waals surface area contributed by atoms with Crippen molar-refractivity contribution >= 4 is 7.82 Å². The molecule has 224 valence electrons. The van der Waals surface area contributed by atoms with Gasteiger partial charge in [-0.1, -0.05) is 110 Å². The molecule has 1 unspecified atom stereocenters. The highest BCUT2D eigenvalue weighted by Gasteiger charge is 2.25. The van der Waals surface area contributed by atoms with Crippen LogP contribution >= 0.6 is 7.82 Å². The van der Waals surface area contributed by atoms with Crippen LogP contribution in [0, 0.1) is 0 Å². The van der Waals surface area contributed by atoms with Gasteiger partial charge in [0.05, 0.1) is 34.4 Å². The maximum Gasteiger partial charge on any atom is 0.472 e. The van der Waals surface area contributed by atoms with E-state index in [0.717, 1.165) is 12.8 Å². The number of ether oxygens (including phenoxy) is 2. The maximum atomic E-state index is 12.1. The first-order chi connectivity index (χ1) is 17.7. The van der Waals surface area contributed by atoms with E-state index in [1.807, 2.05) is 28.1 Å². The van der Waals surface area contributed by atoms with Crippen molar-refractivity contribution in [2.24, 2.45) is 0 Å². The zero-order valence-corrected chi connectivity index (χ0v) is 26.1. The standard InChI is InChI=1S/C29H62NO6P/c1-6-8-9-10-11-12-13-14-15-16-17-18-19-20-21-22-25-33-27-29(34-24-7-2)28-36-37(31,32)35-26-23-30(3,4)5/h29H,6-28H2,1-5H3/p+1/t29-/m1/s1. The van der Waals surface area contributed by atoms with Crippen LogP contribution in [-0.4, -0.2) is 76.2 Å². The number of phosphoric ester groups is 1. The first kappa shape index (κ1) is 37.0. The predicted molar refractivity (Wildman–Crippen MR) is 155 cm³/mol. The summed E-state index contributed by atoms with van der Waals surface area (Å²) in [6.07, 6.45) is 22.1. The molecule has 2 atom stereocenters. The van der Waals surface area contributed by atoms with Gasteiger partial charge in [-0.15, -0.1) is 0 Å². The van der Waals surface area contributed by atoms with E-state index in [1.54, 1.807) is 0 Å². The molecule has 0 saturated heterocycles. The average molecular weight is 553 g/mol. The van der Waals surface area contributed by atoms with E-state index < -0.39 is 7.82 Å². The lowest BCUT2D eigenvalue weighted by Gasteiger charge is -2.24. The zero-order valence-electron chi connectivity index (χ0n) is 25.2. The fourth-order valence-corrected chi connectivity index (χ4v) is 4.78. The van der Waals surface area contributed by atoms with E-state index in [0.29, 0.717) is 30.8 Å². The zero-order chi connectivity index (χ0) is 27.7. The summed E-state index contributed by atoms with van der Waals surface area (Å²) >= 11 is 0. The van der Waals surface area contributed by atoms with Crippen LogP contribution in [0.3, 0.4) is 0 Å². The van der Waals surface area contributed by atoms with Gasteiger partial charge in [0.2, 0.25) is 0 Å². The van der Waals surface area contributed by atoms with E-state index in [-0.39, 0.29) is 19.3 Å². The number of quaternary nitrogens is 1. The number of unbranched alkanes of at least 4 members (excludes halogenated alkanes) is 15.